The molecule has 0 heterocycles. The van der Waals surface area contributed by atoms with E-state index in [1.165, 1.54) is 6.26 Å². The highest BCUT2D eigenvalue weighted by atomic mass is 127. The van der Waals surface area contributed by atoms with Crippen LogP contribution in [0.25, 0.3) is 0 Å². The van der Waals surface area contributed by atoms with Gasteiger partial charge in [-0.25, -0.2) is 8.42 Å². The molecule has 0 saturated carbocycles. The predicted octanol–water partition coefficient (Wildman–Crippen LogP) is 1.83. The molecule has 0 aliphatic rings. The van der Waals surface area contributed by atoms with Gasteiger partial charge in [0.2, 0.25) is 0 Å². The average Bonchev–Trinajstić information content (AvgIpc) is 2.42. The summed E-state index contributed by atoms with van der Waals surface area (Å²) in [6.45, 7) is 3.74. The van der Waals surface area contributed by atoms with Crippen LogP contribution in [0.1, 0.15) is 18.9 Å². The molecule has 5 nitrogen and oxygen atoms in total. The normalized spacial score (nSPS) is 11.7. The molecule has 0 unspecified atom stereocenters. The Bertz CT molecular complexity index is 542. The van der Waals surface area contributed by atoms with Crippen LogP contribution in [0.5, 0.6) is 0 Å². The zero-order chi connectivity index (χ0) is 15.0. The third kappa shape index (κ3) is 7.66. The van der Waals surface area contributed by atoms with Gasteiger partial charge in [-0.05, 0) is 30.5 Å². The maximum atomic E-state index is 11.4. The number of rotatable bonds is 6. The molecule has 0 bridgehead atoms. The standard InChI is InChI=1S/C14H23N3O2S.HI/c1-4-10-16-14(15-2)17-11-9-12-5-7-13(8-6-12)20(3,18)19;/h5-8H,4,9-11H2,1-3H3,(H2,15,16,17);1H. The Balaban J connectivity index is 0.00000400. The van der Waals surface area contributed by atoms with Crippen molar-refractivity contribution in [2.75, 3.05) is 26.4 Å². The summed E-state index contributed by atoms with van der Waals surface area (Å²) in [6, 6.07) is 6.99. The van der Waals surface area contributed by atoms with E-state index in [-0.39, 0.29) is 24.0 Å². The van der Waals surface area contributed by atoms with Crippen LogP contribution >= 0.6 is 24.0 Å². The van der Waals surface area contributed by atoms with E-state index in [9.17, 15) is 8.42 Å². The summed E-state index contributed by atoms with van der Waals surface area (Å²) in [5.41, 5.74) is 1.09. The largest absolute Gasteiger partial charge is 0.356 e. The summed E-state index contributed by atoms with van der Waals surface area (Å²) in [4.78, 5) is 4.47. The van der Waals surface area contributed by atoms with E-state index in [0.717, 1.165) is 37.5 Å². The highest BCUT2D eigenvalue weighted by molar-refractivity contribution is 14.0. The van der Waals surface area contributed by atoms with Crippen molar-refractivity contribution in [2.45, 2.75) is 24.7 Å². The van der Waals surface area contributed by atoms with Crippen molar-refractivity contribution in [1.82, 2.24) is 10.6 Å². The molecule has 0 aliphatic heterocycles. The van der Waals surface area contributed by atoms with Crippen LogP contribution in [-0.2, 0) is 16.3 Å². The Kier molecular flexibility index (Phi) is 9.60. The molecule has 1 aromatic carbocycles. The zero-order valence-electron chi connectivity index (χ0n) is 12.7. The van der Waals surface area contributed by atoms with Gasteiger partial charge in [-0.1, -0.05) is 19.1 Å². The minimum Gasteiger partial charge on any atom is -0.356 e. The van der Waals surface area contributed by atoms with Gasteiger partial charge in [-0.2, -0.15) is 0 Å². The van der Waals surface area contributed by atoms with Gasteiger partial charge in [-0.15, -0.1) is 24.0 Å². The van der Waals surface area contributed by atoms with Crippen LogP contribution in [0.4, 0.5) is 0 Å². The second kappa shape index (κ2) is 9.99. The first-order valence-electron chi connectivity index (χ1n) is 6.71. The van der Waals surface area contributed by atoms with Gasteiger partial charge in [-0.3, -0.25) is 4.99 Å². The van der Waals surface area contributed by atoms with E-state index in [0.29, 0.717) is 4.90 Å². The fraction of sp³-hybridized carbons (Fsp3) is 0.500. The van der Waals surface area contributed by atoms with E-state index in [1.807, 2.05) is 12.1 Å². The lowest BCUT2D eigenvalue weighted by molar-refractivity contribution is 0.602. The fourth-order valence-electron chi connectivity index (χ4n) is 1.69. The third-order valence-corrected chi connectivity index (χ3v) is 3.95. The number of benzene rings is 1. The first-order valence-corrected chi connectivity index (χ1v) is 8.60. The Morgan fingerprint density at radius 2 is 1.71 bits per heavy atom. The molecule has 21 heavy (non-hydrogen) atoms. The third-order valence-electron chi connectivity index (χ3n) is 2.82. The molecule has 1 rings (SSSR count). The predicted molar refractivity (Wildman–Crippen MR) is 98.3 cm³/mol. The summed E-state index contributed by atoms with van der Waals surface area (Å²) < 4.78 is 22.7. The summed E-state index contributed by atoms with van der Waals surface area (Å²) >= 11 is 0. The number of nitrogens with zero attached hydrogens (tertiary/aromatic N) is 1. The number of hydrogen-bond acceptors (Lipinski definition) is 3. The van der Waals surface area contributed by atoms with Crippen molar-refractivity contribution < 1.29 is 8.42 Å². The Morgan fingerprint density at radius 1 is 1.14 bits per heavy atom. The Labute approximate surface area is 144 Å². The van der Waals surface area contributed by atoms with Crippen LogP contribution in [0.2, 0.25) is 0 Å². The minimum absolute atomic E-state index is 0. The fourth-order valence-corrected chi connectivity index (χ4v) is 2.32. The van der Waals surface area contributed by atoms with Gasteiger partial charge in [0.1, 0.15) is 0 Å². The maximum Gasteiger partial charge on any atom is 0.190 e. The van der Waals surface area contributed by atoms with Crippen LogP contribution in [-0.4, -0.2) is 40.8 Å². The minimum atomic E-state index is -3.11. The van der Waals surface area contributed by atoms with Crippen molar-refractivity contribution in [3.8, 4) is 0 Å². The van der Waals surface area contributed by atoms with Crippen LogP contribution in [0.3, 0.4) is 0 Å². The van der Waals surface area contributed by atoms with Crippen LogP contribution in [0, 0.1) is 0 Å². The molecule has 0 amide bonds. The zero-order valence-corrected chi connectivity index (χ0v) is 15.9. The number of nitrogens with one attached hydrogen (secondary N) is 2. The second-order valence-corrected chi connectivity index (χ2v) is 6.61. The SMILES string of the molecule is CCCNC(=NC)NCCc1ccc(S(C)(=O)=O)cc1.I. The van der Waals surface area contributed by atoms with Crippen molar-refractivity contribution in [3.63, 3.8) is 0 Å². The molecule has 0 radical (unpaired) electrons. The molecule has 2 N–H and O–H groups in total. The highest BCUT2D eigenvalue weighted by Crippen LogP contribution is 2.10. The van der Waals surface area contributed by atoms with Crippen LogP contribution in [0.15, 0.2) is 34.2 Å². The molecule has 120 valence electrons. The lowest BCUT2D eigenvalue weighted by atomic mass is 10.1. The molecule has 0 saturated heterocycles. The number of hydrogen-bond donors (Lipinski definition) is 2. The van der Waals surface area contributed by atoms with Crippen molar-refractivity contribution >= 4 is 39.8 Å². The van der Waals surface area contributed by atoms with E-state index < -0.39 is 9.84 Å². The molecule has 0 aliphatic carbocycles. The maximum absolute atomic E-state index is 11.4. The smallest absolute Gasteiger partial charge is 0.190 e. The summed E-state index contributed by atoms with van der Waals surface area (Å²) in [7, 11) is -1.37. The topological polar surface area (TPSA) is 70.6 Å². The number of aliphatic imine (C=N–C) groups is 1. The number of guanidine groups is 1. The van der Waals surface area contributed by atoms with Gasteiger partial charge in [0.15, 0.2) is 15.8 Å². The number of sulfone groups is 1. The van der Waals surface area contributed by atoms with Crippen molar-refractivity contribution in [2.24, 2.45) is 4.99 Å². The molecule has 0 spiro atoms. The molecule has 0 fully saturated rings. The second-order valence-electron chi connectivity index (χ2n) is 4.59. The van der Waals surface area contributed by atoms with Gasteiger partial charge < -0.3 is 10.6 Å². The first-order chi connectivity index (χ1) is 9.47. The average molecular weight is 425 g/mol. The van der Waals surface area contributed by atoms with Crippen molar-refractivity contribution in [1.29, 1.82) is 0 Å². The molecule has 1 aromatic rings. The summed E-state index contributed by atoms with van der Waals surface area (Å²) in [5.74, 6) is 0.791. The quantitative estimate of drug-likeness (QED) is 0.415. The van der Waals surface area contributed by atoms with Gasteiger partial charge in [0, 0.05) is 26.4 Å². The molecular formula is C14H24IN3O2S. The van der Waals surface area contributed by atoms with E-state index in [2.05, 4.69) is 22.5 Å². The van der Waals surface area contributed by atoms with Crippen molar-refractivity contribution in [3.05, 3.63) is 29.8 Å². The lowest BCUT2D eigenvalue weighted by Gasteiger charge is -2.11. The first kappa shape index (κ1) is 20.2. The highest BCUT2D eigenvalue weighted by Gasteiger charge is 2.05. The van der Waals surface area contributed by atoms with Gasteiger partial charge in [0.25, 0.3) is 0 Å². The van der Waals surface area contributed by atoms with Gasteiger partial charge >= 0.3 is 0 Å². The van der Waals surface area contributed by atoms with Crippen LogP contribution < -0.4 is 10.6 Å². The Hall–Kier alpha value is -0.830. The molecule has 0 aromatic heterocycles. The monoisotopic (exact) mass is 425 g/mol. The molecular weight excluding hydrogens is 401 g/mol. The number of halogens is 1. The van der Waals surface area contributed by atoms with Gasteiger partial charge in [0.05, 0.1) is 4.90 Å². The molecule has 7 heteroatoms. The molecule has 0 atom stereocenters. The van der Waals surface area contributed by atoms with E-state index in [4.69, 9.17) is 0 Å². The summed E-state index contributed by atoms with van der Waals surface area (Å²) in [6.07, 6.45) is 3.08. The summed E-state index contributed by atoms with van der Waals surface area (Å²) in [5, 5.41) is 6.41. The lowest BCUT2D eigenvalue weighted by Crippen LogP contribution is -2.38. The Morgan fingerprint density at radius 3 is 2.19 bits per heavy atom. The van der Waals surface area contributed by atoms with E-state index >= 15 is 0 Å². The van der Waals surface area contributed by atoms with E-state index in [1.54, 1.807) is 19.2 Å².